The highest BCUT2D eigenvalue weighted by Gasteiger charge is 2.30. The predicted molar refractivity (Wildman–Crippen MR) is 242 cm³/mol. The van der Waals surface area contributed by atoms with E-state index in [9.17, 15) is 0 Å². The average Bonchev–Trinajstić information content (AvgIpc) is 3.89. The van der Waals surface area contributed by atoms with Gasteiger partial charge in [-0.3, -0.25) is 0 Å². The zero-order valence-corrected chi connectivity index (χ0v) is 36.0. The van der Waals surface area contributed by atoms with E-state index in [2.05, 4.69) is 102 Å². The molecule has 0 spiro atoms. The van der Waals surface area contributed by atoms with Gasteiger partial charge < -0.3 is 39.4 Å². The van der Waals surface area contributed by atoms with E-state index in [0.717, 1.165) is 67.6 Å². The molecule has 302 valence electrons. The van der Waals surface area contributed by atoms with E-state index in [1.807, 2.05) is 94.4 Å². The van der Waals surface area contributed by atoms with Crippen LogP contribution in [0, 0.1) is 0 Å². The number of aromatic nitrogens is 8. The molecule has 5 heterocycles. The van der Waals surface area contributed by atoms with Crippen molar-refractivity contribution in [3.63, 3.8) is 0 Å². The SMILES string of the molecule is CN(C)C1=C(N(C)C)c2nc1nc1[nH]c(nc3nc(nc4[nH]c(n2)c(N(C)C)c4N(C)C)C(N(C)C)=C3N(C)C)c2c1C=C(c1ccccc1)CC(c1ccccc1)=C2. The van der Waals surface area contributed by atoms with Crippen molar-refractivity contribution in [2.45, 2.75) is 6.42 Å². The minimum absolute atomic E-state index is 0.526. The van der Waals surface area contributed by atoms with Crippen LogP contribution in [0.4, 0.5) is 11.4 Å². The molecule has 8 rings (SSSR count). The molecule has 2 aliphatic heterocycles. The molecule has 0 radical (unpaired) electrons. The Morgan fingerprint density at radius 2 is 0.678 bits per heavy atom. The molecule has 0 amide bonds. The number of nitrogens with zero attached hydrogens (tertiary/aromatic N) is 12. The standard InChI is InChI=1S/C45H52N14/c1-54(2)32-34(56(5)6)42-49-40(32)47-38-30-24-28(26-19-15-13-16-20-26)23-29(27-21-17-14-18-22-27)25-31(30)39(46-38)48-41-33(55(3)4)35(57(7)8)43(50-41)52-45-37(59(11)12)36(58(9)10)44(51-42)53-45/h13-22,24-25H,23H2,1-12H3,(H2,46,47,48,49,50,51,52,53). The van der Waals surface area contributed by atoms with E-state index in [4.69, 9.17) is 29.9 Å². The van der Waals surface area contributed by atoms with E-state index in [1.165, 1.54) is 0 Å². The molecule has 5 aromatic rings. The Morgan fingerprint density at radius 3 is 0.983 bits per heavy atom. The van der Waals surface area contributed by atoms with E-state index < -0.39 is 0 Å². The highest BCUT2D eigenvalue weighted by molar-refractivity contribution is 6.04. The van der Waals surface area contributed by atoms with Crippen molar-refractivity contribution in [1.29, 1.82) is 0 Å². The lowest BCUT2D eigenvalue weighted by atomic mass is 9.94. The van der Waals surface area contributed by atoms with Gasteiger partial charge in [0.15, 0.2) is 34.6 Å². The van der Waals surface area contributed by atoms with E-state index in [-0.39, 0.29) is 0 Å². The van der Waals surface area contributed by atoms with Crippen molar-refractivity contribution in [2.24, 2.45) is 0 Å². The second kappa shape index (κ2) is 15.1. The van der Waals surface area contributed by atoms with Crippen LogP contribution in [0.3, 0.4) is 0 Å². The lowest BCUT2D eigenvalue weighted by molar-refractivity contribution is 0.553. The van der Waals surface area contributed by atoms with Gasteiger partial charge in [-0.25, -0.2) is 29.9 Å². The topological polar surface area (TPSA) is 128 Å². The highest BCUT2D eigenvalue weighted by atomic mass is 15.3. The van der Waals surface area contributed by atoms with Crippen LogP contribution in [0.1, 0.15) is 52.0 Å². The van der Waals surface area contributed by atoms with E-state index in [1.54, 1.807) is 0 Å². The fourth-order valence-electron chi connectivity index (χ4n) is 7.98. The van der Waals surface area contributed by atoms with Crippen molar-refractivity contribution in [2.75, 3.05) is 94.4 Å². The Hall–Kier alpha value is -6.96. The third-order valence-corrected chi connectivity index (χ3v) is 10.5. The van der Waals surface area contributed by atoms with Crippen LogP contribution in [-0.4, -0.2) is 144 Å². The number of allylic oxidation sites excluding steroid dienone is 2. The minimum atomic E-state index is 0.526. The Bertz CT molecular complexity index is 2560. The fraction of sp³-hybridized carbons (Fsp3) is 0.289. The third kappa shape index (κ3) is 6.94. The predicted octanol–water partition coefficient (Wildman–Crippen LogP) is 6.41. The Kier molecular flexibility index (Phi) is 9.95. The van der Waals surface area contributed by atoms with Crippen LogP contribution in [-0.2, 0) is 0 Å². The van der Waals surface area contributed by atoms with Crippen LogP contribution >= 0.6 is 0 Å². The van der Waals surface area contributed by atoms with Gasteiger partial charge in [0, 0.05) is 95.7 Å². The Morgan fingerprint density at radius 1 is 0.373 bits per heavy atom. The lowest BCUT2D eigenvalue weighted by Crippen LogP contribution is -2.18. The largest absolute Gasteiger partial charge is 0.373 e. The van der Waals surface area contributed by atoms with E-state index >= 15 is 0 Å². The van der Waals surface area contributed by atoms with Crippen LogP contribution in [0.2, 0.25) is 0 Å². The van der Waals surface area contributed by atoms with Gasteiger partial charge in [-0.15, -0.1) is 0 Å². The Balaban J connectivity index is 1.61. The number of aromatic amines is 2. The number of anilines is 2. The zero-order chi connectivity index (χ0) is 41.9. The summed E-state index contributed by atoms with van der Waals surface area (Å²) in [6.07, 6.45) is 5.21. The summed E-state index contributed by atoms with van der Waals surface area (Å²) in [5.74, 6) is 2.11. The summed E-state index contributed by atoms with van der Waals surface area (Å²) in [5.41, 5.74) is 14.0. The summed E-state index contributed by atoms with van der Waals surface area (Å²) >= 11 is 0. The molecule has 0 saturated carbocycles. The number of hydrogen-bond donors (Lipinski definition) is 2. The first kappa shape index (κ1) is 38.9. The van der Waals surface area contributed by atoms with Crippen LogP contribution in [0.15, 0.2) is 60.7 Å². The third-order valence-electron chi connectivity index (χ3n) is 10.5. The summed E-state index contributed by atoms with van der Waals surface area (Å²) in [7, 11) is 24.1. The van der Waals surface area contributed by atoms with Gasteiger partial charge >= 0.3 is 0 Å². The first-order chi connectivity index (χ1) is 28.2. The monoisotopic (exact) mass is 788 g/mol. The van der Waals surface area contributed by atoms with Gasteiger partial charge in [-0.1, -0.05) is 60.7 Å². The highest BCUT2D eigenvalue weighted by Crippen LogP contribution is 2.41. The quantitative estimate of drug-likeness (QED) is 0.180. The van der Waals surface area contributed by atoms with Crippen molar-refractivity contribution in [3.05, 3.63) is 106 Å². The van der Waals surface area contributed by atoms with Gasteiger partial charge in [-0.2, -0.15) is 0 Å². The van der Waals surface area contributed by atoms with Gasteiger partial charge in [-0.05, 0) is 40.8 Å². The average molecular weight is 789 g/mol. The van der Waals surface area contributed by atoms with Crippen molar-refractivity contribution in [1.82, 2.24) is 59.5 Å². The lowest BCUT2D eigenvalue weighted by Gasteiger charge is -2.21. The molecule has 8 bridgehead atoms. The molecule has 14 nitrogen and oxygen atoms in total. The molecule has 3 aromatic heterocycles. The minimum Gasteiger partial charge on any atom is -0.373 e. The van der Waals surface area contributed by atoms with E-state index in [0.29, 0.717) is 52.3 Å². The van der Waals surface area contributed by atoms with Gasteiger partial charge in [0.25, 0.3) is 0 Å². The molecule has 2 aromatic carbocycles. The van der Waals surface area contributed by atoms with Crippen LogP contribution < -0.4 is 9.80 Å². The van der Waals surface area contributed by atoms with Crippen molar-refractivity contribution in [3.8, 4) is 0 Å². The molecule has 14 heteroatoms. The second-order valence-corrected chi connectivity index (χ2v) is 16.1. The molecule has 0 fully saturated rings. The summed E-state index contributed by atoms with van der Waals surface area (Å²) in [6, 6.07) is 21.1. The Labute approximate surface area is 345 Å². The smallest absolute Gasteiger partial charge is 0.182 e. The number of fused-ring (bicyclic) bond motifs is 11. The maximum Gasteiger partial charge on any atom is 0.182 e. The first-order valence-electron chi connectivity index (χ1n) is 19.6. The van der Waals surface area contributed by atoms with Crippen LogP contribution in [0.25, 0.3) is 68.7 Å². The number of benzene rings is 2. The summed E-state index contributed by atoms with van der Waals surface area (Å²) in [5, 5.41) is 0. The maximum atomic E-state index is 5.41. The normalized spacial score (nSPS) is 13.8. The maximum absolute atomic E-state index is 5.41. The van der Waals surface area contributed by atoms with Crippen LogP contribution in [0.5, 0.6) is 0 Å². The number of H-pyrrole nitrogens is 2. The molecular weight excluding hydrogens is 737 g/mol. The molecule has 0 atom stereocenters. The molecule has 59 heavy (non-hydrogen) atoms. The molecule has 3 aliphatic rings. The molecular formula is C45H52N14. The fourth-order valence-corrected chi connectivity index (χ4v) is 7.98. The second-order valence-electron chi connectivity index (χ2n) is 16.1. The van der Waals surface area contributed by atoms with Crippen molar-refractivity contribution < 1.29 is 0 Å². The summed E-state index contributed by atoms with van der Waals surface area (Å²) in [6.45, 7) is 0. The van der Waals surface area contributed by atoms with Gasteiger partial charge in [0.2, 0.25) is 0 Å². The van der Waals surface area contributed by atoms with Gasteiger partial charge in [0.05, 0.1) is 0 Å². The molecule has 0 saturated heterocycles. The number of rotatable bonds is 8. The summed E-state index contributed by atoms with van der Waals surface area (Å²) < 4.78 is 0. The first-order valence-corrected chi connectivity index (χ1v) is 19.6. The molecule has 0 unspecified atom stereocenters. The zero-order valence-electron chi connectivity index (χ0n) is 36.0. The number of hydrogen-bond acceptors (Lipinski definition) is 12. The number of nitrogens with one attached hydrogen (secondary N) is 2. The molecule has 2 N–H and O–H groups in total. The summed E-state index contributed by atoms with van der Waals surface area (Å²) in [4.78, 5) is 51.3. The van der Waals surface area contributed by atoms with Gasteiger partial charge in [0.1, 0.15) is 45.5 Å². The molecule has 1 aliphatic carbocycles. The van der Waals surface area contributed by atoms with Crippen molar-refractivity contribution >= 4 is 80.0 Å².